The number of rotatable bonds is 9. The molecule has 0 radical (unpaired) electrons. The van der Waals surface area contributed by atoms with Crippen LogP contribution in [-0.4, -0.2) is 145 Å². The number of fused-ring (bicyclic) bond motifs is 2. The fraction of sp³-hybridized carbons (Fsp3) is 0.628. The van der Waals surface area contributed by atoms with Gasteiger partial charge in [0.05, 0.1) is 37.5 Å². The summed E-state index contributed by atoms with van der Waals surface area (Å²) in [7, 11) is 1.64. The molecule has 2 unspecified atom stereocenters. The van der Waals surface area contributed by atoms with Gasteiger partial charge in [0.1, 0.15) is 35.8 Å². The van der Waals surface area contributed by atoms with E-state index in [1.54, 1.807) is 18.9 Å². The first-order valence-electron chi connectivity index (χ1n) is 21.1. The molecule has 332 valence electrons. The van der Waals surface area contributed by atoms with Crippen LogP contribution >= 0.6 is 11.6 Å². The standard InChI is InChI=1S/C22H23ClN2O2.C21H41N5O7/c1-2-27-22(26)25-12-9-15(10-13-25)20-19-8-7-18(23)14-17(19)6-5-16-4-3-11-24-21(16)20;1-4-26-13-7-12(24)16(32-19-11(23)6-5-10(8-22)31-19)14(27)17(13)33-20-15(28)18(25-3)21(2,29)9-30-20/h3-4,7-8,11,14H,2,5-6,9-10,12-13H2,1H3;5,11-20,25-29H,4,6-9,22-24H2,1-3H3/t;11?,12-,13+,14-,15+,16+,17-,18+,19?,20+,21-/m.0/s1. The van der Waals surface area contributed by atoms with E-state index in [2.05, 4.69) is 28.8 Å². The summed E-state index contributed by atoms with van der Waals surface area (Å²) in [5, 5.41) is 39.5. The minimum absolute atomic E-state index is 0.0483. The van der Waals surface area contributed by atoms with Gasteiger partial charge in [-0.15, -0.1) is 0 Å². The Morgan fingerprint density at radius 2 is 1.77 bits per heavy atom. The van der Waals surface area contributed by atoms with Gasteiger partial charge in [0.15, 0.2) is 6.29 Å². The van der Waals surface area contributed by atoms with E-state index in [9.17, 15) is 20.1 Å². The molecule has 11 N–H and O–H groups in total. The van der Waals surface area contributed by atoms with Gasteiger partial charge in [-0.25, -0.2) is 4.79 Å². The molecule has 1 aromatic heterocycles. The van der Waals surface area contributed by atoms with E-state index in [4.69, 9.17) is 57.5 Å². The van der Waals surface area contributed by atoms with E-state index < -0.39 is 60.7 Å². The van der Waals surface area contributed by atoms with Crippen molar-refractivity contribution < 1.29 is 43.8 Å². The van der Waals surface area contributed by atoms with Crippen LogP contribution in [-0.2, 0) is 36.5 Å². The Bertz CT molecular complexity index is 1820. The Balaban J connectivity index is 0.000000205. The number of aliphatic hydroxyl groups is 3. The lowest BCUT2D eigenvalue weighted by Gasteiger charge is -2.49. The number of likely N-dealkylation sites (tertiary alicyclic amines) is 1. The van der Waals surface area contributed by atoms with Crippen molar-refractivity contribution in [1.29, 1.82) is 0 Å². The van der Waals surface area contributed by atoms with Crippen LogP contribution in [0.1, 0.15) is 68.8 Å². The van der Waals surface area contributed by atoms with Gasteiger partial charge in [-0.3, -0.25) is 4.98 Å². The van der Waals surface area contributed by atoms with Crippen molar-refractivity contribution in [2.24, 2.45) is 17.2 Å². The maximum absolute atomic E-state index is 12.0. The number of nitrogens with zero attached hydrogens (tertiary/aromatic N) is 2. The quantitative estimate of drug-likeness (QED) is 0.179. The first-order valence-corrected chi connectivity index (χ1v) is 21.5. The van der Waals surface area contributed by atoms with Crippen LogP contribution in [0.25, 0.3) is 5.57 Å². The van der Waals surface area contributed by atoms with Crippen LogP contribution in [0.15, 0.2) is 53.9 Å². The number of aromatic nitrogens is 1. The van der Waals surface area contributed by atoms with Crippen LogP contribution in [0.3, 0.4) is 0 Å². The highest BCUT2D eigenvalue weighted by Gasteiger charge is 2.51. The predicted molar refractivity (Wildman–Crippen MR) is 227 cm³/mol. The number of benzene rings is 1. The van der Waals surface area contributed by atoms with Crippen LogP contribution in [0.2, 0.25) is 5.02 Å². The van der Waals surface area contributed by atoms with Crippen molar-refractivity contribution in [3.05, 3.63) is 81.3 Å². The fourth-order valence-corrected chi connectivity index (χ4v) is 9.11. The van der Waals surface area contributed by atoms with Crippen molar-refractivity contribution in [3.63, 3.8) is 0 Å². The third-order valence-corrected chi connectivity index (χ3v) is 12.3. The molecule has 1 amide bonds. The van der Waals surface area contributed by atoms with E-state index in [0.717, 1.165) is 36.4 Å². The van der Waals surface area contributed by atoms with Crippen LogP contribution in [0.5, 0.6) is 0 Å². The van der Waals surface area contributed by atoms with Crippen LogP contribution in [0, 0.1) is 0 Å². The fourth-order valence-electron chi connectivity index (χ4n) is 8.91. The van der Waals surface area contributed by atoms with Crippen molar-refractivity contribution in [2.45, 2.75) is 126 Å². The Labute approximate surface area is 357 Å². The molecule has 2 aliphatic carbocycles. The van der Waals surface area contributed by atoms with Gasteiger partial charge in [-0.05, 0) is 107 Å². The Hall–Kier alpha value is -3.23. The molecule has 17 heteroatoms. The van der Waals surface area contributed by atoms with Gasteiger partial charge in [-0.2, -0.15) is 0 Å². The highest BCUT2D eigenvalue weighted by atomic mass is 35.5. The van der Waals surface area contributed by atoms with E-state index in [1.807, 2.05) is 38.3 Å². The van der Waals surface area contributed by atoms with Gasteiger partial charge < -0.3 is 71.7 Å². The maximum atomic E-state index is 12.0. The number of aliphatic hydroxyl groups excluding tert-OH is 2. The molecule has 2 aromatic rings. The summed E-state index contributed by atoms with van der Waals surface area (Å²) in [5.74, 6) is 0.572. The molecule has 4 heterocycles. The number of amides is 1. The number of carbonyl (C=O) groups excluding carboxylic acids is 1. The van der Waals surface area contributed by atoms with Gasteiger partial charge in [-0.1, -0.05) is 36.2 Å². The number of piperidine rings is 1. The normalized spacial score (nSPS) is 33.0. The highest BCUT2D eigenvalue weighted by molar-refractivity contribution is 6.30. The van der Waals surface area contributed by atoms with Crippen LogP contribution in [0.4, 0.5) is 4.79 Å². The summed E-state index contributed by atoms with van der Waals surface area (Å²) in [6.07, 6.45) is 2.20. The summed E-state index contributed by atoms with van der Waals surface area (Å²) in [4.78, 5) is 18.6. The van der Waals surface area contributed by atoms with Crippen LogP contribution < -0.4 is 27.8 Å². The molecule has 3 aliphatic heterocycles. The molecule has 3 fully saturated rings. The number of likely N-dealkylation sites (N-methyl/N-ethyl adjacent to an activating group) is 2. The number of nitrogens with two attached hydrogens (primary N) is 3. The SMILES string of the molecule is CCN[C@@H]1C[C@H](N)[C@@H](OC2OC(CN)=CCC2N)[C@H](O)[C@H]1O[C@H]1OC[C@](C)(O)[C@H](NC)[C@H]1O.CCOC(=O)N1CCC(=C2c3ccc(Cl)cc3CCc3cccnc32)CC1. The first kappa shape index (κ1) is 46.3. The molecule has 1 saturated carbocycles. The largest absolute Gasteiger partial charge is 0.467 e. The number of carbonyl (C=O) groups is 1. The molecule has 0 spiro atoms. The lowest BCUT2D eigenvalue weighted by atomic mass is 9.83. The first-order chi connectivity index (χ1) is 28.8. The lowest BCUT2D eigenvalue weighted by Crippen LogP contribution is -2.69. The molecular formula is C43H64ClN7O9. The van der Waals surface area contributed by atoms with Crippen molar-refractivity contribution in [1.82, 2.24) is 20.5 Å². The molecule has 60 heavy (non-hydrogen) atoms. The molecule has 2 saturated heterocycles. The van der Waals surface area contributed by atoms with Gasteiger partial charge >= 0.3 is 6.09 Å². The summed E-state index contributed by atoms with van der Waals surface area (Å²) in [6.45, 7) is 7.92. The van der Waals surface area contributed by atoms with E-state index in [1.165, 1.54) is 27.8 Å². The number of halogens is 1. The smallest absolute Gasteiger partial charge is 0.409 e. The minimum atomic E-state index is -1.28. The minimum Gasteiger partial charge on any atom is -0.467 e. The third-order valence-electron chi connectivity index (χ3n) is 12.0. The van der Waals surface area contributed by atoms with Gasteiger partial charge in [0.25, 0.3) is 0 Å². The summed E-state index contributed by atoms with van der Waals surface area (Å²) < 4.78 is 28.7. The summed E-state index contributed by atoms with van der Waals surface area (Å²) in [5.41, 5.74) is 24.4. The number of hydrogen-bond acceptors (Lipinski definition) is 15. The number of hydrogen-bond donors (Lipinski definition) is 8. The molecule has 16 nitrogen and oxygen atoms in total. The molecule has 7 rings (SSSR count). The molecule has 11 atom stereocenters. The number of ether oxygens (including phenoxy) is 5. The number of pyridine rings is 1. The number of aryl methyl sites for hydroxylation is 2. The topological polar surface area (TPSA) is 242 Å². The second-order valence-corrected chi connectivity index (χ2v) is 16.7. The Morgan fingerprint density at radius 1 is 1.03 bits per heavy atom. The average molecular weight is 858 g/mol. The summed E-state index contributed by atoms with van der Waals surface area (Å²) in [6, 6.07) is 8.40. The monoisotopic (exact) mass is 857 g/mol. The third kappa shape index (κ3) is 10.5. The van der Waals surface area contributed by atoms with E-state index >= 15 is 0 Å². The second kappa shape index (κ2) is 20.8. The molecule has 5 aliphatic rings. The maximum Gasteiger partial charge on any atom is 0.409 e. The van der Waals surface area contributed by atoms with Crippen molar-refractivity contribution in [2.75, 3.05) is 46.4 Å². The summed E-state index contributed by atoms with van der Waals surface area (Å²) >= 11 is 6.27. The highest BCUT2D eigenvalue weighted by Crippen LogP contribution is 2.39. The zero-order valence-electron chi connectivity index (χ0n) is 35.1. The van der Waals surface area contributed by atoms with Gasteiger partial charge in [0.2, 0.25) is 6.29 Å². The Morgan fingerprint density at radius 3 is 2.47 bits per heavy atom. The average Bonchev–Trinajstić information content (AvgIpc) is 3.39. The van der Waals surface area contributed by atoms with Gasteiger partial charge in [0, 0.05) is 42.0 Å². The Kier molecular flexibility index (Phi) is 16.0. The predicted octanol–water partition coefficient (Wildman–Crippen LogP) is 1.69. The molecule has 1 aromatic carbocycles. The van der Waals surface area contributed by atoms with E-state index in [-0.39, 0.29) is 25.3 Å². The zero-order valence-corrected chi connectivity index (χ0v) is 35.9. The molecular weight excluding hydrogens is 794 g/mol. The second-order valence-electron chi connectivity index (χ2n) is 16.3. The molecule has 0 bridgehead atoms. The lowest BCUT2D eigenvalue weighted by molar-refractivity contribution is -0.304. The zero-order chi connectivity index (χ0) is 43.1. The van der Waals surface area contributed by atoms with Crippen molar-refractivity contribution in [3.8, 4) is 0 Å². The van der Waals surface area contributed by atoms with Crippen molar-refractivity contribution >= 4 is 23.3 Å². The number of nitrogens with one attached hydrogen (secondary N) is 2. The van der Waals surface area contributed by atoms with E-state index in [0.29, 0.717) is 44.8 Å².